The standard InChI is InChI=1S/C17H26N2O3/c1-4-14(20)12-18-8-10-19(11-9-18)17(21)15-6-5-7-16(22-3)13(15)2/h5-7,14,20H,4,8-12H2,1-3H3/t14-/m0/s1. The van der Waals surface area contributed by atoms with Crippen molar-refractivity contribution in [3.63, 3.8) is 0 Å². The van der Waals surface area contributed by atoms with Crippen LogP contribution in [-0.2, 0) is 0 Å². The van der Waals surface area contributed by atoms with Crippen molar-refractivity contribution in [2.45, 2.75) is 26.4 Å². The Bertz CT molecular complexity index is 511. The van der Waals surface area contributed by atoms with E-state index in [0.29, 0.717) is 25.2 Å². The molecule has 1 aliphatic rings. The fourth-order valence-corrected chi connectivity index (χ4v) is 2.80. The van der Waals surface area contributed by atoms with Gasteiger partial charge in [0.05, 0.1) is 13.2 Å². The third-order valence-electron chi connectivity index (χ3n) is 4.33. The predicted molar refractivity (Wildman–Crippen MR) is 86.4 cm³/mol. The monoisotopic (exact) mass is 306 g/mol. The SMILES string of the molecule is CC[C@H](O)CN1CCN(C(=O)c2cccc(OC)c2C)CC1. The molecular formula is C17H26N2O3. The lowest BCUT2D eigenvalue weighted by molar-refractivity contribution is 0.0523. The van der Waals surface area contributed by atoms with Crippen LogP contribution in [0, 0.1) is 6.92 Å². The molecule has 5 heteroatoms. The van der Waals surface area contributed by atoms with Gasteiger partial charge in [-0.1, -0.05) is 13.0 Å². The molecule has 0 radical (unpaired) electrons. The third kappa shape index (κ3) is 3.78. The summed E-state index contributed by atoms with van der Waals surface area (Å²) in [6, 6.07) is 5.58. The number of carbonyl (C=O) groups is 1. The maximum Gasteiger partial charge on any atom is 0.254 e. The van der Waals surface area contributed by atoms with E-state index >= 15 is 0 Å². The highest BCUT2D eigenvalue weighted by Gasteiger charge is 2.24. The van der Waals surface area contributed by atoms with Crippen LogP contribution in [0.5, 0.6) is 5.75 Å². The van der Waals surface area contributed by atoms with Gasteiger partial charge < -0.3 is 14.7 Å². The lowest BCUT2D eigenvalue weighted by Gasteiger charge is -2.35. The molecule has 1 heterocycles. The summed E-state index contributed by atoms with van der Waals surface area (Å²) < 4.78 is 5.29. The van der Waals surface area contributed by atoms with Crippen molar-refractivity contribution >= 4 is 5.91 Å². The number of piperazine rings is 1. The van der Waals surface area contributed by atoms with E-state index in [1.165, 1.54) is 0 Å². The van der Waals surface area contributed by atoms with E-state index in [2.05, 4.69) is 4.90 Å². The Morgan fingerprint density at radius 1 is 1.32 bits per heavy atom. The molecule has 1 saturated heterocycles. The number of hydrogen-bond donors (Lipinski definition) is 1. The molecular weight excluding hydrogens is 280 g/mol. The number of aliphatic hydroxyl groups excluding tert-OH is 1. The van der Waals surface area contributed by atoms with Crippen molar-refractivity contribution in [2.24, 2.45) is 0 Å². The Kier molecular flexibility index (Phi) is 5.80. The van der Waals surface area contributed by atoms with Crippen molar-refractivity contribution in [3.05, 3.63) is 29.3 Å². The summed E-state index contributed by atoms with van der Waals surface area (Å²) in [5.41, 5.74) is 1.60. The van der Waals surface area contributed by atoms with Crippen LogP contribution in [0.3, 0.4) is 0 Å². The van der Waals surface area contributed by atoms with Gasteiger partial charge in [0.25, 0.3) is 5.91 Å². The first kappa shape index (κ1) is 16.8. The first-order chi connectivity index (χ1) is 10.6. The molecule has 1 atom stereocenters. The molecule has 0 aromatic heterocycles. The zero-order valence-electron chi connectivity index (χ0n) is 13.7. The van der Waals surface area contributed by atoms with Gasteiger partial charge in [-0.15, -0.1) is 0 Å². The number of aliphatic hydroxyl groups is 1. The molecule has 1 aliphatic heterocycles. The molecule has 1 N–H and O–H groups in total. The topological polar surface area (TPSA) is 53.0 Å². The smallest absolute Gasteiger partial charge is 0.254 e. The van der Waals surface area contributed by atoms with Crippen molar-refractivity contribution < 1.29 is 14.6 Å². The van der Waals surface area contributed by atoms with Crippen molar-refractivity contribution in [3.8, 4) is 5.75 Å². The number of β-amino-alcohol motifs (C(OH)–C–C–N with tert-alkyl or cyclic N) is 1. The Labute approximate surface area is 132 Å². The summed E-state index contributed by atoms with van der Waals surface area (Å²) in [7, 11) is 1.62. The maximum absolute atomic E-state index is 12.7. The molecule has 1 fully saturated rings. The third-order valence-corrected chi connectivity index (χ3v) is 4.33. The summed E-state index contributed by atoms with van der Waals surface area (Å²) in [4.78, 5) is 16.8. The van der Waals surface area contributed by atoms with Gasteiger partial charge in [0.2, 0.25) is 0 Å². The predicted octanol–water partition coefficient (Wildman–Crippen LogP) is 1.53. The Morgan fingerprint density at radius 3 is 2.59 bits per heavy atom. The van der Waals surface area contributed by atoms with Gasteiger partial charge in [-0.05, 0) is 25.5 Å². The van der Waals surface area contributed by atoms with Gasteiger partial charge in [-0.2, -0.15) is 0 Å². The van der Waals surface area contributed by atoms with Gasteiger partial charge in [0, 0.05) is 43.9 Å². The summed E-state index contributed by atoms with van der Waals surface area (Å²) in [6.45, 7) is 7.61. The molecule has 2 rings (SSSR count). The van der Waals surface area contributed by atoms with Crippen molar-refractivity contribution in [2.75, 3.05) is 39.8 Å². The average molecular weight is 306 g/mol. The quantitative estimate of drug-likeness (QED) is 0.896. The summed E-state index contributed by atoms with van der Waals surface area (Å²) >= 11 is 0. The van der Waals surface area contributed by atoms with Gasteiger partial charge in [-0.3, -0.25) is 9.69 Å². The molecule has 1 amide bonds. The highest BCUT2D eigenvalue weighted by molar-refractivity contribution is 5.96. The molecule has 0 saturated carbocycles. The Morgan fingerprint density at radius 2 is 2.00 bits per heavy atom. The second-order valence-electron chi connectivity index (χ2n) is 5.79. The first-order valence-corrected chi connectivity index (χ1v) is 7.90. The number of amides is 1. The van der Waals surface area contributed by atoms with E-state index in [1.54, 1.807) is 7.11 Å². The van der Waals surface area contributed by atoms with Crippen LogP contribution in [0.25, 0.3) is 0 Å². The van der Waals surface area contributed by atoms with Crippen LogP contribution in [0.2, 0.25) is 0 Å². The number of rotatable bonds is 5. The fraction of sp³-hybridized carbons (Fsp3) is 0.588. The van der Waals surface area contributed by atoms with Gasteiger partial charge >= 0.3 is 0 Å². The number of ether oxygens (including phenoxy) is 1. The van der Waals surface area contributed by atoms with E-state index in [1.807, 2.05) is 36.9 Å². The Balaban J connectivity index is 1.98. The van der Waals surface area contributed by atoms with Crippen LogP contribution in [0.15, 0.2) is 18.2 Å². The maximum atomic E-state index is 12.7. The lowest BCUT2D eigenvalue weighted by atomic mass is 10.1. The van der Waals surface area contributed by atoms with Crippen molar-refractivity contribution in [1.29, 1.82) is 0 Å². The minimum absolute atomic E-state index is 0.0621. The van der Waals surface area contributed by atoms with E-state index in [9.17, 15) is 9.90 Å². The van der Waals surface area contributed by atoms with Gasteiger partial charge in [0.15, 0.2) is 0 Å². The highest BCUT2D eigenvalue weighted by atomic mass is 16.5. The summed E-state index contributed by atoms with van der Waals surface area (Å²) in [6.07, 6.45) is 0.491. The normalized spacial score (nSPS) is 17.4. The fourth-order valence-electron chi connectivity index (χ4n) is 2.80. The van der Waals surface area contributed by atoms with Crippen LogP contribution < -0.4 is 4.74 Å². The number of nitrogens with zero attached hydrogens (tertiary/aromatic N) is 2. The summed E-state index contributed by atoms with van der Waals surface area (Å²) in [5, 5.41) is 9.72. The lowest BCUT2D eigenvalue weighted by Crippen LogP contribution is -2.50. The highest BCUT2D eigenvalue weighted by Crippen LogP contribution is 2.22. The molecule has 1 aromatic carbocycles. The van der Waals surface area contributed by atoms with Crippen LogP contribution in [0.4, 0.5) is 0 Å². The number of hydrogen-bond acceptors (Lipinski definition) is 4. The number of carbonyl (C=O) groups excluding carboxylic acids is 1. The summed E-state index contributed by atoms with van der Waals surface area (Å²) in [5.74, 6) is 0.808. The van der Waals surface area contributed by atoms with Gasteiger partial charge in [-0.25, -0.2) is 0 Å². The minimum Gasteiger partial charge on any atom is -0.496 e. The molecule has 22 heavy (non-hydrogen) atoms. The van der Waals surface area contributed by atoms with Gasteiger partial charge in [0.1, 0.15) is 5.75 Å². The zero-order valence-corrected chi connectivity index (χ0v) is 13.7. The second-order valence-corrected chi connectivity index (χ2v) is 5.79. The largest absolute Gasteiger partial charge is 0.496 e. The zero-order chi connectivity index (χ0) is 16.1. The van der Waals surface area contributed by atoms with E-state index in [-0.39, 0.29) is 12.0 Å². The molecule has 0 unspecified atom stereocenters. The average Bonchev–Trinajstić information content (AvgIpc) is 2.55. The van der Waals surface area contributed by atoms with Crippen molar-refractivity contribution in [1.82, 2.24) is 9.80 Å². The minimum atomic E-state index is -0.275. The van der Waals surface area contributed by atoms with Crippen LogP contribution in [0.1, 0.15) is 29.3 Å². The van der Waals surface area contributed by atoms with Crippen LogP contribution in [-0.4, -0.2) is 66.8 Å². The first-order valence-electron chi connectivity index (χ1n) is 7.90. The Hall–Kier alpha value is -1.59. The molecule has 0 spiro atoms. The van der Waals surface area contributed by atoms with Crippen LogP contribution >= 0.6 is 0 Å². The second kappa shape index (κ2) is 7.61. The number of methoxy groups -OCH3 is 1. The van der Waals surface area contributed by atoms with E-state index in [0.717, 1.165) is 30.8 Å². The van der Waals surface area contributed by atoms with E-state index < -0.39 is 0 Å². The molecule has 122 valence electrons. The molecule has 5 nitrogen and oxygen atoms in total. The number of benzene rings is 1. The molecule has 1 aromatic rings. The molecule has 0 aliphatic carbocycles. The van der Waals surface area contributed by atoms with E-state index in [4.69, 9.17) is 4.74 Å². The molecule has 0 bridgehead atoms.